The highest BCUT2D eigenvalue weighted by Gasteiger charge is 2.14. The SMILES string of the molecule is Cc1cccc(C)c1OCC(C)NC(=O)N(C)CCC(=O)O. The molecule has 0 spiro atoms. The van der Waals surface area contributed by atoms with Crippen LogP contribution in [-0.2, 0) is 4.79 Å². The fraction of sp³-hybridized carbons (Fsp3) is 0.500. The van der Waals surface area contributed by atoms with Crippen LogP contribution in [-0.4, -0.2) is 48.2 Å². The summed E-state index contributed by atoms with van der Waals surface area (Å²) in [5.41, 5.74) is 2.11. The Morgan fingerprint density at radius 2 is 1.91 bits per heavy atom. The number of hydrogen-bond acceptors (Lipinski definition) is 3. The van der Waals surface area contributed by atoms with E-state index in [4.69, 9.17) is 9.84 Å². The van der Waals surface area contributed by atoms with Crippen LogP contribution in [0.15, 0.2) is 18.2 Å². The van der Waals surface area contributed by atoms with Crippen LogP contribution in [0.3, 0.4) is 0 Å². The van der Waals surface area contributed by atoms with E-state index < -0.39 is 5.97 Å². The van der Waals surface area contributed by atoms with Gasteiger partial charge in [0, 0.05) is 13.6 Å². The third-order valence-electron chi connectivity index (χ3n) is 3.26. The third kappa shape index (κ3) is 5.63. The van der Waals surface area contributed by atoms with Gasteiger partial charge in [-0.1, -0.05) is 18.2 Å². The Morgan fingerprint density at radius 1 is 1.32 bits per heavy atom. The summed E-state index contributed by atoms with van der Waals surface area (Å²) < 4.78 is 5.78. The molecule has 1 atom stereocenters. The minimum absolute atomic E-state index is 0.0722. The van der Waals surface area contributed by atoms with Gasteiger partial charge in [-0.2, -0.15) is 0 Å². The van der Waals surface area contributed by atoms with Gasteiger partial charge in [-0.15, -0.1) is 0 Å². The first-order chi connectivity index (χ1) is 10.3. The highest BCUT2D eigenvalue weighted by Crippen LogP contribution is 2.22. The van der Waals surface area contributed by atoms with Gasteiger partial charge >= 0.3 is 12.0 Å². The minimum atomic E-state index is -0.925. The van der Waals surface area contributed by atoms with Crippen molar-refractivity contribution in [3.05, 3.63) is 29.3 Å². The van der Waals surface area contributed by atoms with Crippen LogP contribution in [0.4, 0.5) is 4.79 Å². The summed E-state index contributed by atoms with van der Waals surface area (Å²) in [6.45, 7) is 6.32. The van der Waals surface area contributed by atoms with Crippen LogP contribution >= 0.6 is 0 Å². The number of urea groups is 1. The molecule has 1 aromatic carbocycles. The number of nitrogens with zero attached hydrogens (tertiary/aromatic N) is 1. The Bertz CT molecular complexity index is 511. The number of aliphatic carboxylic acids is 1. The van der Waals surface area contributed by atoms with Gasteiger partial charge in [0.15, 0.2) is 0 Å². The molecule has 0 saturated carbocycles. The van der Waals surface area contributed by atoms with Gasteiger partial charge in [0.25, 0.3) is 0 Å². The molecule has 0 aliphatic rings. The van der Waals surface area contributed by atoms with E-state index in [9.17, 15) is 9.59 Å². The van der Waals surface area contributed by atoms with Crippen molar-refractivity contribution in [2.45, 2.75) is 33.2 Å². The topological polar surface area (TPSA) is 78.9 Å². The molecule has 0 heterocycles. The van der Waals surface area contributed by atoms with E-state index in [2.05, 4.69) is 5.32 Å². The smallest absolute Gasteiger partial charge is 0.317 e. The maximum absolute atomic E-state index is 11.9. The Labute approximate surface area is 131 Å². The molecule has 122 valence electrons. The predicted molar refractivity (Wildman–Crippen MR) is 84.3 cm³/mol. The van der Waals surface area contributed by atoms with Crippen LogP contribution in [0.1, 0.15) is 24.5 Å². The molecule has 1 unspecified atom stereocenters. The third-order valence-corrected chi connectivity index (χ3v) is 3.26. The zero-order valence-corrected chi connectivity index (χ0v) is 13.5. The summed E-state index contributed by atoms with van der Waals surface area (Å²) in [4.78, 5) is 23.7. The average molecular weight is 308 g/mol. The Balaban J connectivity index is 2.44. The van der Waals surface area contributed by atoms with Crippen LogP contribution in [0, 0.1) is 13.8 Å². The van der Waals surface area contributed by atoms with Gasteiger partial charge in [-0.25, -0.2) is 4.79 Å². The van der Waals surface area contributed by atoms with Crippen LogP contribution in [0.5, 0.6) is 5.75 Å². The monoisotopic (exact) mass is 308 g/mol. The van der Waals surface area contributed by atoms with E-state index in [0.29, 0.717) is 6.61 Å². The molecule has 0 radical (unpaired) electrons. The molecule has 0 aliphatic carbocycles. The quantitative estimate of drug-likeness (QED) is 0.809. The predicted octanol–water partition coefficient (Wildman–Crippen LogP) is 2.19. The molecule has 0 fully saturated rings. The molecule has 6 nitrogen and oxygen atoms in total. The van der Waals surface area contributed by atoms with E-state index in [1.165, 1.54) is 4.90 Å². The van der Waals surface area contributed by atoms with Crippen molar-refractivity contribution in [2.75, 3.05) is 20.2 Å². The first-order valence-corrected chi connectivity index (χ1v) is 7.23. The van der Waals surface area contributed by atoms with Gasteiger partial charge in [-0.3, -0.25) is 4.79 Å². The fourth-order valence-electron chi connectivity index (χ4n) is 1.96. The van der Waals surface area contributed by atoms with Gasteiger partial charge in [0.1, 0.15) is 12.4 Å². The summed E-state index contributed by atoms with van der Waals surface area (Å²) in [5, 5.41) is 11.4. The van der Waals surface area contributed by atoms with Crippen molar-refractivity contribution in [3.8, 4) is 5.75 Å². The molecule has 1 aromatic rings. The lowest BCUT2D eigenvalue weighted by atomic mass is 10.1. The maximum atomic E-state index is 11.9. The van der Waals surface area contributed by atoms with Crippen molar-refractivity contribution in [2.24, 2.45) is 0 Å². The summed E-state index contributed by atoms with van der Waals surface area (Å²) >= 11 is 0. The van der Waals surface area contributed by atoms with E-state index in [-0.39, 0.29) is 25.0 Å². The zero-order valence-electron chi connectivity index (χ0n) is 13.5. The van der Waals surface area contributed by atoms with Gasteiger partial charge < -0.3 is 20.1 Å². The first-order valence-electron chi connectivity index (χ1n) is 7.23. The number of carbonyl (C=O) groups is 2. The van der Waals surface area contributed by atoms with Gasteiger partial charge in [0.2, 0.25) is 0 Å². The highest BCUT2D eigenvalue weighted by molar-refractivity contribution is 5.75. The van der Waals surface area contributed by atoms with Gasteiger partial charge in [-0.05, 0) is 31.9 Å². The second-order valence-corrected chi connectivity index (χ2v) is 5.45. The van der Waals surface area contributed by atoms with Crippen molar-refractivity contribution < 1.29 is 19.4 Å². The molecule has 0 aromatic heterocycles. The molecular formula is C16H24N2O4. The van der Waals surface area contributed by atoms with E-state index in [0.717, 1.165) is 16.9 Å². The minimum Gasteiger partial charge on any atom is -0.491 e. The Morgan fingerprint density at radius 3 is 2.45 bits per heavy atom. The molecule has 1 rings (SSSR count). The summed E-state index contributed by atoms with van der Waals surface area (Å²) in [5.74, 6) is -0.0890. The number of nitrogens with one attached hydrogen (secondary N) is 1. The molecule has 2 amide bonds. The number of benzene rings is 1. The van der Waals surface area contributed by atoms with Crippen LogP contribution < -0.4 is 10.1 Å². The second kappa shape index (κ2) is 8.26. The highest BCUT2D eigenvalue weighted by atomic mass is 16.5. The van der Waals surface area contributed by atoms with Crippen LogP contribution in [0.25, 0.3) is 0 Å². The van der Waals surface area contributed by atoms with Crippen molar-refractivity contribution in [1.29, 1.82) is 0 Å². The Hall–Kier alpha value is -2.24. The zero-order chi connectivity index (χ0) is 16.7. The number of amides is 2. The van der Waals surface area contributed by atoms with Crippen molar-refractivity contribution in [3.63, 3.8) is 0 Å². The van der Waals surface area contributed by atoms with E-state index in [1.807, 2.05) is 39.0 Å². The van der Waals surface area contributed by atoms with Crippen LogP contribution in [0.2, 0.25) is 0 Å². The number of hydrogen-bond donors (Lipinski definition) is 2. The molecule has 0 saturated heterocycles. The molecule has 22 heavy (non-hydrogen) atoms. The summed E-state index contributed by atoms with van der Waals surface area (Å²) in [6.07, 6.45) is -0.0722. The fourth-order valence-corrected chi connectivity index (χ4v) is 1.96. The van der Waals surface area contributed by atoms with E-state index >= 15 is 0 Å². The summed E-state index contributed by atoms with van der Waals surface area (Å²) in [6, 6.07) is 5.44. The number of ether oxygens (including phenoxy) is 1. The number of carboxylic acid groups (broad SMARTS) is 1. The second-order valence-electron chi connectivity index (χ2n) is 5.45. The number of rotatable bonds is 7. The molecular weight excluding hydrogens is 284 g/mol. The first kappa shape index (κ1) is 17.8. The molecule has 0 aliphatic heterocycles. The van der Waals surface area contributed by atoms with Crippen molar-refractivity contribution >= 4 is 12.0 Å². The van der Waals surface area contributed by atoms with E-state index in [1.54, 1.807) is 7.05 Å². The number of carboxylic acids is 1. The largest absolute Gasteiger partial charge is 0.491 e. The summed E-state index contributed by atoms with van der Waals surface area (Å²) in [7, 11) is 1.57. The molecule has 6 heteroatoms. The maximum Gasteiger partial charge on any atom is 0.317 e. The number of para-hydroxylation sites is 1. The molecule has 2 N–H and O–H groups in total. The Kier molecular flexibility index (Phi) is 6.69. The standard InChI is InChI=1S/C16H24N2O4/c1-11-6-5-7-12(2)15(11)22-10-13(3)17-16(21)18(4)9-8-14(19)20/h5-7,13H,8-10H2,1-4H3,(H,17,21)(H,19,20). The van der Waals surface area contributed by atoms with Crippen molar-refractivity contribution in [1.82, 2.24) is 10.2 Å². The van der Waals surface area contributed by atoms with Gasteiger partial charge in [0.05, 0.1) is 12.5 Å². The molecule has 0 bridgehead atoms. The number of aryl methyl sites for hydroxylation is 2. The normalized spacial score (nSPS) is 11.6. The lowest BCUT2D eigenvalue weighted by molar-refractivity contribution is -0.137. The average Bonchev–Trinajstić information content (AvgIpc) is 2.44. The number of carbonyl (C=O) groups excluding carboxylic acids is 1. The lowest BCUT2D eigenvalue weighted by Gasteiger charge is -2.21. The lowest BCUT2D eigenvalue weighted by Crippen LogP contribution is -2.44.